The van der Waals surface area contributed by atoms with Crippen LogP contribution in [0.1, 0.15) is 50.7 Å². The minimum atomic E-state index is -0.187. The Kier molecular flexibility index (Phi) is 3.57. The topological polar surface area (TPSA) is 12.4 Å². The zero-order valence-corrected chi connectivity index (χ0v) is 11.4. The van der Waals surface area contributed by atoms with Crippen molar-refractivity contribution in [2.75, 3.05) is 0 Å². The predicted octanol–water partition coefficient (Wildman–Crippen LogP) is 4.57. The van der Waals surface area contributed by atoms with Gasteiger partial charge < -0.3 is 0 Å². The second kappa shape index (κ2) is 4.81. The first-order chi connectivity index (χ1) is 7.96. The lowest BCUT2D eigenvalue weighted by atomic mass is 10.1. The molecule has 0 amide bonds. The predicted molar refractivity (Wildman–Crippen MR) is 73.3 cm³/mol. The summed E-state index contributed by atoms with van der Waals surface area (Å²) in [6.45, 7) is 6.27. The van der Waals surface area contributed by atoms with Gasteiger partial charge in [0.15, 0.2) is 0 Å². The molecule has 2 rings (SSSR count). The highest BCUT2D eigenvalue weighted by Crippen LogP contribution is 2.40. The quantitative estimate of drug-likeness (QED) is 0.566. The molecule has 1 aliphatic rings. The number of rotatable bonds is 3. The maximum absolute atomic E-state index is 13.6. The molecule has 0 aromatic heterocycles. The third-order valence-corrected chi connectivity index (χ3v) is 3.35. The van der Waals surface area contributed by atoms with E-state index in [4.69, 9.17) is 0 Å². The van der Waals surface area contributed by atoms with Crippen LogP contribution in [0.4, 0.5) is 4.39 Å². The molecule has 92 valence electrons. The Labute approximate surface area is 107 Å². The summed E-state index contributed by atoms with van der Waals surface area (Å²) in [5.41, 5.74) is 1.85. The Morgan fingerprint density at radius 2 is 2.06 bits per heavy atom. The Bertz CT molecular complexity index is 430. The first kappa shape index (κ1) is 12.6. The van der Waals surface area contributed by atoms with Crippen LogP contribution in [0.5, 0.6) is 0 Å². The van der Waals surface area contributed by atoms with Gasteiger partial charge in [-0.05, 0) is 69.2 Å². The summed E-state index contributed by atoms with van der Waals surface area (Å²) in [6.07, 6.45) is 4.11. The van der Waals surface area contributed by atoms with Crippen molar-refractivity contribution in [1.82, 2.24) is 0 Å². The van der Waals surface area contributed by atoms with E-state index in [1.54, 1.807) is 12.3 Å². The van der Waals surface area contributed by atoms with Gasteiger partial charge in [0, 0.05) is 16.5 Å². The van der Waals surface area contributed by atoms with Crippen molar-refractivity contribution in [3.8, 4) is 0 Å². The van der Waals surface area contributed by atoms with Gasteiger partial charge in [-0.2, -0.15) is 0 Å². The number of halogens is 1. The Balaban J connectivity index is 2.11. The number of hydrogen-bond acceptors (Lipinski definition) is 2. The van der Waals surface area contributed by atoms with E-state index in [1.165, 1.54) is 30.4 Å². The maximum atomic E-state index is 13.6. The first-order valence-electron chi connectivity index (χ1n) is 5.97. The van der Waals surface area contributed by atoms with Crippen LogP contribution in [0.15, 0.2) is 22.6 Å². The van der Waals surface area contributed by atoms with Crippen molar-refractivity contribution in [3.05, 3.63) is 35.1 Å². The highest BCUT2D eigenvalue weighted by atomic mass is 32.2. The van der Waals surface area contributed by atoms with Crippen LogP contribution in [-0.4, -0.2) is 11.0 Å². The molecule has 0 unspecified atom stereocenters. The third kappa shape index (κ3) is 3.84. The van der Waals surface area contributed by atoms with Gasteiger partial charge in [-0.25, -0.2) is 8.79 Å². The molecule has 0 bridgehead atoms. The maximum Gasteiger partial charge on any atom is 0.132 e. The van der Waals surface area contributed by atoms with Gasteiger partial charge in [-0.1, -0.05) is 6.07 Å². The molecule has 1 saturated carbocycles. The van der Waals surface area contributed by atoms with Crippen LogP contribution in [0.2, 0.25) is 0 Å². The average Bonchev–Trinajstić information content (AvgIpc) is 3.02. The van der Waals surface area contributed by atoms with E-state index in [2.05, 4.69) is 25.2 Å². The van der Waals surface area contributed by atoms with Gasteiger partial charge in [-0.15, -0.1) is 0 Å². The Hall–Kier alpha value is -0.830. The van der Waals surface area contributed by atoms with Crippen molar-refractivity contribution in [1.29, 1.82) is 0 Å². The molecule has 0 atom stereocenters. The van der Waals surface area contributed by atoms with E-state index >= 15 is 0 Å². The summed E-state index contributed by atoms with van der Waals surface area (Å²) in [5.74, 6) is 0.464. The minimum Gasteiger partial charge on any atom is -0.223 e. The summed E-state index contributed by atoms with van der Waals surface area (Å²) in [7, 11) is 0. The molecular weight excluding hydrogens is 233 g/mol. The number of benzene rings is 1. The third-order valence-electron chi connectivity index (χ3n) is 2.59. The minimum absolute atomic E-state index is 0.0705. The number of nitrogens with zero attached hydrogens (tertiary/aromatic N) is 1. The Morgan fingerprint density at radius 1 is 1.35 bits per heavy atom. The van der Waals surface area contributed by atoms with Crippen molar-refractivity contribution in [2.45, 2.75) is 44.3 Å². The molecule has 1 nitrogen and oxygen atoms in total. The van der Waals surface area contributed by atoms with Crippen LogP contribution in [0.25, 0.3) is 0 Å². The fraction of sp³-hybridized carbons (Fsp3) is 0.500. The number of hydrogen-bond donors (Lipinski definition) is 0. The second-order valence-electron chi connectivity index (χ2n) is 5.49. The van der Waals surface area contributed by atoms with Gasteiger partial charge in [-0.3, -0.25) is 0 Å². The van der Waals surface area contributed by atoms with Gasteiger partial charge >= 0.3 is 0 Å². The van der Waals surface area contributed by atoms with Gasteiger partial charge in [0.2, 0.25) is 0 Å². The molecule has 3 heteroatoms. The van der Waals surface area contributed by atoms with E-state index < -0.39 is 0 Å². The van der Waals surface area contributed by atoms with Crippen LogP contribution < -0.4 is 0 Å². The first-order valence-corrected chi connectivity index (χ1v) is 6.74. The summed E-state index contributed by atoms with van der Waals surface area (Å²) in [6, 6.07) is 5.37. The monoisotopic (exact) mass is 251 g/mol. The van der Waals surface area contributed by atoms with E-state index in [0.717, 1.165) is 0 Å². The zero-order valence-electron chi connectivity index (χ0n) is 10.5. The standard InChI is InChI=1S/C14H18FNS/c1-14(2,3)17-16-9-12-8-11(10-4-5-10)6-7-13(12)15/h6-10H,4-5H2,1-3H3. The smallest absolute Gasteiger partial charge is 0.132 e. The molecule has 0 N–H and O–H groups in total. The second-order valence-corrected chi connectivity index (χ2v) is 7.11. The summed E-state index contributed by atoms with van der Waals surface area (Å²) >= 11 is 1.47. The molecule has 0 spiro atoms. The largest absolute Gasteiger partial charge is 0.223 e. The fourth-order valence-corrected chi connectivity index (χ4v) is 2.06. The van der Waals surface area contributed by atoms with Crippen LogP contribution >= 0.6 is 11.9 Å². The molecule has 0 heterocycles. The van der Waals surface area contributed by atoms with Gasteiger partial charge in [0.05, 0.1) is 0 Å². The van der Waals surface area contributed by atoms with Crippen LogP contribution in [0.3, 0.4) is 0 Å². The molecule has 1 aromatic carbocycles. The normalized spacial score (nSPS) is 16.7. The molecule has 0 aliphatic heterocycles. The van der Waals surface area contributed by atoms with Crippen molar-refractivity contribution in [2.24, 2.45) is 4.40 Å². The lowest BCUT2D eigenvalue weighted by Gasteiger charge is -2.12. The molecule has 1 aliphatic carbocycles. The van der Waals surface area contributed by atoms with Crippen molar-refractivity contribution >= 4 is 18.2 Å². The Morgan fingerprint density at radius 3 is 2.65 bits per heavy atom. The van der Waals surface area contributed by atoms with Crippen LogP contribution in [0, 0.1) is 5.82 Å². The summed E-state index contributed by atoms with van der Waals surface area (Å²) < 4.78 is 17.9. The SMILES string of the molecule is CC(C)(C)SN=Cc1cc(C2CC2)ccc1F. The van der Waals surface area contributed by atoms with Crippen molar-refractivity contribution in [3.63, 3.8) is 0 Å². The highest BCUT2D eigenvalue weighted by Gasteiger charge is 2.23. The fourth-order valence-electron chi connectivity index (χ4n) is 1.57. The van der Waals surface area contributed by atoms with E-state index in [9.17, 15) is 4.39 Å². The molecule has 1 fully saturated rings. The lowest BCUT2D eigenvalue weighted by Crippen LogP contribution is -2.05. The highest BCUT2D eigenvalue weighted by molar-refractivity contribution is 7.99. The molecule has 0 saturated heterocycles. The molecule has 17 heavy (non-hydrogen) atoms. The summed E-state index contributed by atoms with van der Waals surface area (Å²) in [5, 5.41) is 0. The van der Waals surface area contributed by atoms with E-state index in [1.807, 2.05) is 12.1 Å². The van der Waals surface area contributed by atoms with Gasteiger partial charge in [0.1, 0.15) is 5.82 Å². The van der Waals surface area contributed by atoms with Crippen LogP contribution in [-0.2, 0) is 0 Å². The van der Waals surface area contributed by atoms with E-state index in [0.29, 0.717) is 11.5 Å². The molecule has 1 aromatic rings. The zero-order chi connectivity index (χ0) is 12.5. The van der Waals surface area contributed by atoms with Gasteiger partial charge in [0.25, 0.3) is 0 Å². The summed E-state index contributed by atoms with van der Waals surface area (Å²) in [4.78, 5) is 0. The molecular formula is C14H18FNS. The lowest BCUT2D eigenvalue weighted by molar-refractivity contribution is 0.625. The average molecular weight is 251 g/mol. The molecule has 0 radical (unpaired) electrons. The van der Waals surface area contributed by atoms with E-state index in [-0.39, 0.29) is 10.6 Å². The van der Waals surface area contributed by atoms with Crippen molar-refractivity contribution < 1.29 is 4.39 Å².